The van der Waals surface area contributed by atoms with E-state index in [1.165, 1.54) is 15.7 Å². The highest BCUT2D eigenvalue weighted by atomic mass is 32.2. The summed E-state index contributed by atoms with van der Waals surface area (Å²) in [5.41, 5.74) is 0. The number of nitrogens with one attached hydrogen (secondary N) is 1. The Hall–Kier alpha value is -1.52. The number of hydrogen-bond acceptors (Lipinski definition) is 3. The molecule has 128 valence electrons. The number of thioether (sulfide) groups is 1. The molecule has 0 saturated carbocycles. The van der Waals surface area contributed by atoms with Gasteiger partial charge in [0.05, 0.1) is 5.75 Å². The zero-order valence-electron chi connectivity index (χ0n) is 14.3. The van der Waals surface area contributed by atoms with Gasteiger partial charge in [-0.1, -0.05) is 37.3 Å². The highest BCUT2D eigenvalue weighted by Gasteiger charge is 2.22. The molecule has 0 aromatic heterocycles. The first kappa shape index (κ1) is 17.3. The molecule has 1 amide bonds. The van der Waals surface area contributed by atoms with E-state index >= 15 is 0 Å². The van der Waals surface area contributed by atoms with E-state index in [0.29, 0.717) is 5.75 Å². The lowest BCUT2D eigenvalue weighted by molar-refractivity contribution is -0.129. The maximum atomic E-state index is 12.4. The van der Waals surface area contributed by atoms with E-state index in [0.717, 1.165) is 44.9 Å². The van der Waals surface area contributed by atoms with Crippen LogP contribution in [0.3, 0.4) is 0 Å². The number of carbonyl (C=O) groups is 1. The number of fused-ring (bicyclic) bond motifs is 1. The van der Waals surface area contributed by atoms with Gasteiger partial charge in [-0.05, 0) is 54.8 Å². The van der Waals surface area contributed by atoms with E-state index in [2.05, 4.69) is 54.7 Å². The fraction of sp³-hybridized carbons (Fsp3) is 0.450. The van der Waals surface area contributed by atoms with Crippen LogP contribution in [0.5, 0.6) is 0 Å². The maximum Gasteiger partial charge on any atom is 0.232 e. The van der Waals surface area contributed by atoms with Gasteiger partial charge in [-0.15, -0.1) is 11.8 Å². The van der Waals surface area contributed by atoms with E-state index in [-0.39, 0.29) is 5.91 Å². The van der Waals surface area contributed by atoms with Crippen molar-refractivity contribution in [3.8, 4) is 0 Å². The summed E-state index contributed by atoms with van der Waals surface area (Å²) in [6.45, 7) is 6.08. The molecule has 1 saturated heterocycles. The van der Waals surface area contributed by atoms with Crippen molar-refractivity contribution in [3.05, 3.63) is 42.5 Å². The predicted octanol–water partition coefficient (Wildman–Crippen LogP) is 3.78. The second-order valence-corrected chi connectivity index (χ2v) is 7.48. The normalized spacial score (nSPS) is 15.8. The van der Waals surface area contributed by atoms with E-state index in [1.54, 1.807) is 11.8 Å². The SMILES string of the molecule is CCNCC1CCN(C(=O)CSc2ccc3ccccc3c2)CC1. The van der Waals surface area contributed by atoms with E-state index in [4.69, 9.17) is 0 Å². The van der Waals surface area contributed by atoms with Gasteiger partial charge in [0.25, 0.3) is 0 Å². The van der Waals surface area contributed by atoms with Crippen LogP contribution in [0.2, 0.25) is 0 Å². The summed E-state index contributed by atoms with van der Waals surface area (Å²) in [5.74, 6) is 1.54. The number of likely N-dealkylation sites (tertiary alicyclic amines) is 1. The van der Waals surface area contributed by atoms with Gasteiger partial charge in [0.2, 0.25) is 5.91 Å². The Labute approximate surface area is 148 Å². The molecule has 1 aliphatic rings. The van der Waals surface area contributed by atoms with Gasteiger partial charge < -0.3 is 10.2 Å². The van der Waals surface area contributed by atoms with Crippen molar-refractivity contribution in [3.63, 3.8) is 0 Å². The zero-order chi connectivity index (χ0) is 16.8. The Balaban J connectivity index is 1.48. The number of nitrogens with zero attached hydrogens (tertiary/aromatic N) is 1. The summed E-state index contributed by atoms with van der Waals surface area (Å²) in [7, 11) is 0. The molecule has 0 atom stereocenters. The van der Waals surface area contributed by atoms with Crippen LogP contribution in [0.1, 0.15) is 19.8 Å². The van der Waals surface area contributed by atoms with E-state index in [1.807, 2.05) is 4.90 Å². The Morgan fingerprint density at radius 2 is 1.92 bits per heavy atom. The zero-order valence-corrected chi connectivity index (χ0v) is 15.1. The molecule has 3 rings (SSSR count). The molecule has 3 nitrogen and oxygen atoms in total. The Morgan fingerprint density at radius 3 is 2.67 bits per heavy atom. The Morgan fingerprint density at radius 1 is 1.17 bits per heavy atom. The van der Waals surface area contributed by atoms with Crippen molar-refractivity contribution in [2.24, 2.45) is 5.92 Å². The highest BCUT2D eigenvalue weighted by molar-refractivity contribution is 8.00. The van der Waals surface area contributed by atoms with Crippen molar-refractivity contribution in [2.45, 2.75) is 24.7 Å². The van der Waals surface area contributed by atoms with Gasteiger partial charge in [0.1, 0.15) is 0 Å². The molecule has 1 fully saturated rings. The number of hydrogen-bond donors (Lipinski definition) is 1. The lowest BCUT2D eigenvalue weighted by Crippen LogP contribution is -2.41. The third-order valence-electron chi connectivity index (χ3n) is 4.73. The van der Waals surface area contributed by atoms with Crippen molar-refractivity contribution in [1.82, 2.24) is 10.2 Å². The number of amides is 1. The average molecular weight is 343 g/mol. The summed E-state index contributed by atoms with van der Waals surface area (Å²) in [5, 5.41) is 5.90. The van der Waals surface area contributed by atoms with Crippen LogP contribution in [-0.4, -0.2) is 42.7 Å². The molecule has 4 heteroatoms. The molecule has 2 aromatic carbocycles. The number of rotatable bonds is 6. The number of benzene rings is 2. The second-order valence-electron chi connectivity index (χ2n) is 6.43. The first-order valence-electron chi connectivity index (χ1n) is 8.86. The van der Waals surface area contributed by atoms with Gasteiger partial charge in [0, 0.05) is 18.0 Å². The minimum atomic E-state index is 0.273. The molecule has 1 N–H and O–H groups in total. The second kappa shape index (κ2) is 8.54. The third-order valence-corrected chi connectivity index (χ3v) is 5.71. The van der Waals surface area contributed by atoms with E-state index in [9.17, 15) is 4.79 Å². The molecule has 1 heterocycles. The lowest BCUT2D eigenvalue weighted by Gasteiger charge is -2.32. The molecule has 2 aromatic rings. The van der Waals surface area contributed by atoms with Crippen LogP contribution < -0.4 is 5.32 Å². The number of piperidine rings is 1. The minimum Gasteiger partial charge on any atom is -0.342 e. The first-order valence-corrected chi connectivity index (χ1v) is 9.85. The van der Waals surface area contributed by atoms with Gasteiger partial charge in [-0.2, -0.15) is 0 Å². The average Bonchev–Trinajstić information content (AvgIpc) is 2.64. The molecule has 24 heavy (non-hydrogen) atoms. The van der Waals surface area contributed by atoms with Crippen molar-refractivity contribution in [1.29, 1.82) is 0 Å². The highest BCUT2D eigenvalue weighted by Crippen LogP contribution is 2.24. The first-order chi connectivity index (χ1) is 11.8. The van der Waals surface area contributed by atoms with Crippen molar-refractivity contribution < 1.29 is 4.79 Å². The van der Waals surface area contributed by atoms with Gasteiger partial charge in [-0.25, -0.2) is 0 Å². The van der Waals surface area contributed by atoms with Crippen LogP contribution in [0.15, 0.2) is 47.4 Å². The van der Waals surface area contributed by atoms with Crippen LogP contribution in [0, 0.1) is 5.92 Å². The molecule has 0 unspecified atom stereocenters. The fourth-order valence-electron chi connectivity index (χ4n) is 3.23. The summed E-state index contributed by atoms with van der Waals surface area (Å²) in [4.78, 5) is 15.7. The van der Waals surface area contributed by atoms with Crippen LogP contribution in [-0.2, 0) is 4.79 Å². The monoisotopic (exact) mass is 342 g/mol. The Kier molecular flexibility index (Phi) is 6.16. The molecular weight excluding hydrogens is 316 g/mol. The minimum absolute atomic E-state index is 0.273. The quantitative estimate of drug-likeness (QED) is 0.811. The maximum absolute atomic E-state index is 12.4. The lowest BCUT2D eigenvalue weighted by atomic mass is 9.97. The largest absolute Gasteiger partial charge is 0.342 e. The molecule has 0 spiro atoms. The molecule has 0 bridgehead atoms. The van der Waals surface area contributed by atoms with Gasteiger partial charge in [-0.3, -0.25) is 4.79 Å². The van der Waals surface area contributed by atoms with E-state index < -0.39 is 0 Å². The fourth-order valence-corrected chi connectivity index (χ4v) is 4.08. The summed E-state index contributed by atoms with van der Waals surface area (Å²) >= 11 is 1.65. The Bertz CT molecular complexity index is 680. The molecule has 1 aliphatic heterocycles. The molecule has 0 radical (unpaired) electrons. The summed E-state index contributed by atoms with van der Waals surface area (Å²) < 4.78 is 0. The van der Waals surface area contributed by atoms with Crippen molar-refractivity contribution in [2.75, 3.05) is 31.9 Å². The molecular formula is C20H26N2OS. The predicted molar refractivity (Wildman–Crippen MR) is 103 cm³/mol. The number of carbonyl (C=O) groups excluding carboxylic acids is 1. The van der Waals surface area contributed by atoms with Crippen LogP contribution in [0.4, 0.5) is 0 Å². The van der Waals surface area contributed by atoms with Crippen molar-refractivity contribution >= 4 is 28.4 Å². The van der Waals surface area contributed by atoms with Gasteiger partial charge in [0.15, 0.2) is 0 Å². The summed E-state index contributed by atoms with van der Waals surface area (Å²) in [6, 6.07) is 14.8. The summed E-state index contributed by atoms with van der Waals surface area (Å²) in [6.07, 6.45) is 2.25. The smallest absolute Gasteiger partial charge is 0.232 e. The third kappa shape index (κ3) is 4.52. The van der Waals surface area contributed by atoms with Crippen LogP contribution >= 0.6 is 11.8 Å². The van der Waals surface area contributed by atoms with Crippen LogP contribution in [0.25, 0.3) is 10.8 Å². The topological polar surface area (TPSA) is 32.3 Å². The van der Waals surface area contributed by atoms with Gasteiger partial charge >= 0.3 is 0 Å². The standard InChI is InChI=1S/C20H26N2OS/c1-2-21-14-16-9-11-22(12-10-16)20(23)15-24-19-8-7-17-5-3-4-6-18(17)13-19/h3-8,13,16,21H,2,9-12,14-15H2,1H3. The molecule has 0 aliphatic carbocycles.